The third-order valence-corrected chi connectivity index (χ3v) is 1.69. The summed E-state index contributed by atoms with van der Waals surface area (Å²) in [5.41, 5.74) is 0.763. The average molecular weight is 195 g/mol. The Morgan fingerprint density at radius 3 is 2.71 bits per heavy atom. The van der Waals surface area contributed by atoms with Crippen molar-refractivity contribution in [1.82, 2.24) is 5.32 Å². The molecule has 0 fully saturated rings. The van der Waals surface area contributed by atoms with E-state index in [-0.39, 0.29) is 12.5 Å². The predicted molar refractivity (Wildman–Crippen MR) is 57.8 cm³/mol. The lowest BCUT2D eigenvalue weighted by molar-refractivity contribution is -0.119. The number of nitrogens with one attached hydrogen (secondary N) is 1. The number of aliphatic hydroxyl groups excluding tert-OH is 1. The summed E-state index contributed by atoms with van der Waals surface area (Å²) in [5, 5.41) is 12.2. The standard InChI is InChI=1S/C11H17NO2/c1-4-6-7-10(5-2)11(14)8-12-9(3)13/h4-7,11,14H,1,8H2,2-3H3,(H,12,13)/b7-6-,10-5+. The van der Waals surface area contributed by atoms with E-state index in [2.05, 4.69) is 11.9 Å². The second-order valence-corrected chi connectivity index (χ2v) is 2.84. The maximum Gasteiger partial charge on any atom is 0.216 e. The molecule has 14 heavy (non-hydrogen) atoms. The summed E-state index contributed by atoms with van der Waals surface area (Å²) in [7, 11) is 0. The molecule has 0 aromatic heterocycles. The van der Waals surface area contributed by atoms with Crippen LogP contribution in [-0.4, -0.2) is 23.7 Å². The summed E-state index contributed by atoms with van der Waals surface area (Å²) in [6, 6.07) is 0. The topological polar surface area (TPSA) is 49.3 Å². The van der Waals surface area contributed by atoms with E-state index in [4.69, 9.17) is 0 Å². The first-order valence-electron chi connectivity index (χ1n) is 4.49. The van der Waals surface area contributed by atoms with Gasteiger partial charge in [-0.15, -0.1) is 0 Å². The van der Waals surface area contributed by atoms with E-state index in [1.807, 2.05) is 6.92 Å². The highest BCUT2D eigenvalue weighted by atomic mass is 16.3. The Morgan fingerprint density at radius 2 is 2.29 bits per heavy atom. The van der Waals surface area contributed by atoms with Gasteiger partial charge in [-0.3, -0.25) is 4.79 Å². The van der Waals surface area contributed by atoms with Crippen molar-refractivity contribution in [3.63, 3.8) is 0 Å². The van der Waals surface area contributed by atoms with E-state index >= 15 is 0 Å². The minimum Gasteiger partial charge on any atom is -0.387 e. The summed E-state index contributed by atoms with van der Waals surface area (Å²) in [5.74, 6) is -0.146. The quantitative estimate of drug-likeness (QED) is 0.647. The fourth-order valence-electron chi connectivity index (χ4n) is 0.937. The lowest BCUT2D eigenvalue weighted by atomic mass is 10.1. The Morgan fingerprint density at radius 1 is 1.64 bits per heavy atom. The molecule has 0 bridgehead atoms. The van der Waals surface area contributed by atoms with Gasteiger partial charge in [-0.1, -0.05) is 30.9 Å². The van der Waals surface area contributed by atoms with Crippen LogP contribution in [0.3, 0.4) is 0 Å². The van der Waals surface area contributed by atoms with Crippen LogP contribution >= 0.6 is 0 Å². The van der Waals surface area contributed by atoms with Crippen molar-refractivity contribution in [2.45, 2.75) is 20.0 Å². The van der Waals surface area contributed by atoms with Gasteiger partial charge in [0, 0.05) is 13.5 Å². The Bertz CT molecular complexity index is 254. The zero-order valence-electron chi connectivity index (χ0n) is 8.66. The molecule has 0 spiro atoms. The molecule has 0 heterocycles. The summed E-state index contributed by atoms with van der Waals surface area (Å²) < 4.78 is 0. The SMILES string of the molecule is C=C/C=C\C(=C/C)C(O)CNC(C)=O. The Labute approximate surface area is 84.8 Å². The van der Waals surface area contributed by atoms with Crippen molar-refractivity contribution in [1.29, 1.82) is 0 Å². The maximum atomic E-state index is 10.6. The van der Waals surface area contributed by atoms with Gasteiger partial charge >= 0.3 is 0 Å². The Hall–Kier alpha value is -1.35. The molecule has 1 atom stereocenters. The largest absolute Gasteiger partial charge is 0.387 e. The minimum absolute atomic E-state index is 0.146. The van der Waals surface area contributed by atoms with E-state index in [0.29, 0.717) is 0 Å². The summed E-state index contributed by atoms with van der Waals surface area (Å²) in [6.45, 7) is 7.02. The van der Waals surface area contributed by atoms with Gasteiger partial charge in [0.05, 0.1) is 6.10 Å². The molecule has 0 aliphatic carbocycles. The molecular formula is C11H17NO2. The number of carbonyl (C=O) groups is 1. The van der Waals surface area contributed by atoms with E-state index < -0.39 is 6.10 Å². The van der Waals surface area contributed by atoms with Gasteiger partial charge in [0.1, 0.15) is 0 Å². The van der Waals surface area contributed by atoms with Crippen molar-refractivity contribution in [2.24, 2.45) is 0 Å². The molecule has 0 aromatic carbocycles. The zero-order valence-corrected chi connectivity index (χ0v) is 8.66. The number of rotatable bonds is 5. The number of allylic oxidation sites excluding steroid dienone is 3. The molecule has 0 radical (unpaired) electrons. The van der Waals surface area contributed by atoms with Crippen molar-refractivity contribution in [3.05, 3.63) is 36.5 Å². The van der Waals surface area contributed by atoms with E-state index in [9.17, 15) is 9.90 Å². The van der Waals surface area contributed by atoms with Crippen molar-refractivity contribution in [3.8, 4) is 0 Å². The summed E-state index contributed by atoms with van der Waals surface area (Å²) >= 11 is 0. The van der Waals surface area contributed by atoms with Crippen molar-refractivity contribution in [2.75, 3.05) is 6.54 Å². The van der Waals surface area contributed by atoms with Crippen LogP contribution in [0.15, 0.2) is 36.5 Å². The fourth-order valence-corrected chi connectivity index (χ4v) is 0.937. The van der Waals surface area contributed by atoms with E-state index in [1.54, 1.807) is 24.3 Å². The number of aliphatic hydroxyl groups is 1. The molecule has 1 unspecified atom stereocenters. The second kappa shape index (κ2) is 7.09. The molecule has 2 N–H and O–H groups in total. The summed E-state index contributed by atoms with van der Waals surface area (Å²) in [6.07, 6.45) is 6.27. The first-order chi connectivity index (χ1) is 6.61. The first kappa shape index (κ1) is 12.7. The molecule has 0 aliphatic rings. The third kappa shape index (κ3) is 5.32. The molecule has 3 nitrogen and oxygen atoms in total. The Kier molecular flexibility index (Phi) is 6.41. The van der Waals surface area contributed by atoms with Gasteiger partial charge in [-0.25, -0.2) is 0 Å². The van der Waals surface area contributed by atoms with E-state index in [0.717, 1.165) is 5.57 Å². The van der Waals surface area contributed by atoms with Gasteiger partial charge in [-0.05, 0) is 12.5 Å². The Balaban J connectivity index is 4.18. The fraction of sp³-hybridized carbons (Fsp3) is 0.364. The molecule has 0 saturated heterocycles. The lowest BCUT2D eigenvalue weighted by Crippen LogP contribution is -2.31. The first-order valence-corrected chi connectivity index (χ1v) is 4.49. The number of hydrogen-bond acceptors (Lipinski definition) is 2. The highest BCUT2D eigenvalue weighted by Crippen LogP contribution is 2.03. The van der Waals surface area contributed by atoms with E-state index in [1.165, 1.54) is 6.92 Å². The van der Waals surface area contributed by atoms with Crippen LogP contribution in [0.2, 0.25) is 0 Å². The van der Waals surface area contributed by atoms with Crippen LogP contribution in [-0.2, 0) is 4.79 Å². The van der Waals surface area contributed by atoms with Gasteiger partial charge < -0.3 is 10.4 Å². The van der Waals surface area contributed by atoms with Crippen LogP contribution < -0.4 is 5.32 Å². The van der Waals surface area contributed by atoms with Crippen LogP contribution in [0.25, 0.3) is 0 Å². The number of hydrogen-bond donors (Lipinski definition) is 2. The third-order valence-electron chi connectivity index (χ3n) is 1.69. The monoisotopic (exact) mass is 195 g/mol. The highest BCUT2D eigenvalue weighted by Gasteiger charge is 2.06. The van der Waals surface area contributed by atoms with Crippen LogP contribution in [0.5, 0.6) is 0 Å². The second-order valence-electron chi connectivity index (χ2n) is 2.84. The van der Waals surface area contributed by atoms with Gasteiger partial charge in [0.15, 0.2) is 0 Å². The van der Waals surface area contributed by atoms with Crippen LogP contribution in [0.4, 0.5) is 0 Å². The lowest BCUT2D eigenvalue weighted by Gasteiger charge is -2.11. The van der Waals surface area contributed by atoms with Crippen molar-refractivity contribution >= 4 is 5.91 Å². The molecule has 0 aliphatic heterocycles. The molecule has 3 heteroatoms. The number of amides is 1. The molecule has 0 aromatic rings. The average Bonchev–Trinajstić information content (AvgIpc) is 2.16. The number of carbonyl (C=O) groups excluding carboxylic acids is 1. The molecule has 78 valence electrons. The highest BCUT2D eigenvalue weighted by molar-refractivity contribution is 5.72. The van der Waals surface area contributed by atoms with Crippen LogP contribution in [0, 0.1) is 0 Å². The molecular weight excluding hydrogens is 178 g/mol. The molecule has 1 amide bonds. The zero-order chi connectivity index (χ0) is 11.0. The predicted octanol–water partition coefficient (Wildman–Crippen LogP) is 1.17. The van der Waals surface area contributed by atoms with Crippen molar-refractivity contribution < 1.29 is 9.90 Å². The molecule has 0 saturated carbocycles. The maximum absolute atomic E-state index is 10.6. The minimum atomic E-state index is -0.667. The molecule has 0 rings (SSSR count). The van der Waals surface area contributed by atoms with Gasteiger partial charge in [-0.2, -0.15) is 0 Å². The smallest absolute Gasteiger partial charge is 0.216 e. The van der Waals surface area contributed by atoms with Crippen LogP contribution in [0.1, 0.15) is 13.8 Å². The van der Waals surface area contributed by atoms with Gasteiger partial charge in [0.25, 0.3) is 0 Å². The summed E-state index contributed by atoms with van der Waals surface area (Å²) in [4.78, 5) is 10.6. The normalized spacial score (nSPS) is 14.1. The van der Waals surface area contributed by atoms with Gasteiger partial charge in [0.2, 0.25) is 5.91 Å².